The predicted octanol–water partition coefficient (Wildman–Crippen LogP) is 5.25. The summed E-state index contributed by atoms with van der Waals surface area (Å²) in [5.74, 6) is -0.715. The van der Waals surface area contributed by atoms with Gasteiger partial charge < -0.3 is 9.84 Å². The third-order valence-electron chi connectivity index (χ3n) is 3.76. The van der Waals surface area contributed by atoms with E-state index in [2.05, 4.69) is 0 Å². The molecule has 3 unspecified atom stereocenters. The molecule has 1 aliphatic heterocycles. The Hall–Kier alpha value is -1.61. The van der Waals surface area contributed by atoms with Crippen molar-refractivity contribution in [2.45, 2.75) is 41.4 Å². The van der Waals surface area contributed by atoms with E-state index in [4.69, 9.17) is 4.74 Å². The molecule has 2 aliphatic rings. The van der Waals surface area contributed by atoms with Crippen LogP contribution in [0.25, 0.3) is 0 Å². The van der Waals surface area contributed by atoms with Crippen LogP contribution in [0.3, 0.4) is 0 Å². The van der Waals surface area contributed by atoms with Gasteiger partial charge in [0.25, 0.3) is 6.43 Å². The Labute approximate surface area is 143 Å². The number of allylic oxidation sites excluding steroid dienone is 3. The Morgan fingerprint density at radius 3 is 2.60 bits per heavy atom. The number of benzene rings is 1. The number of rotatable bonds is 3. The maximum absolute atomic E-state index is 13.6. The highest BCUT2D eigenvalue weighted by molar-refractivity contribution is 8.00. The minimum atomic E-state index is -3.64. The number of aliphatic hydroxyl groups excluding tert-OH is 1. The summed E-state index contributed by atoms with van der Waals surface area (Å²) < 4.78 is 86.2. The lowest BCUT2D eigenvalue weighted by Gasteiger charge is -2.17. The normalized spacial score (nSPS) is 27.8. The molecule has 1 aliphatic carbocycles. The fraction of sp³-hybridized carbons (Fsp3) is 0.375. The predicted molar refractivity (Wildman–Crippen MR) is 79.4 cm³/mol. The van der Waals surface area contributed by atoms with Gasteiger partial charge in [0.15, 0.2) is 6.10 Å². The molecule has 3 atom stereocenters. The van der Waals surface area contributed by atoms with Crippen LogP contribution in [0.4, 0.5) is 26.3 Å². The van der Waals surface area contributed by atoms with E-state index in [-0.39, 0.29) is 22.4 Å². The summed E-state index contributed by atoms with van der Waals surface area (Å²) in [6, 6.07) is 2.17. The molecule has 0 saturated heterocycles. The van der Waals surface area contributed by atoms with Gasteiger partial charge in [-0.15, -0.1) is 0 Å². The number of hydrogen-bond acceptors (Lipinski definition) is 3. The number of ether oxygens (including phenoxy) is 1. The van der Waals surface area contributed by atoms with Crippen molar-refractivity contribution >= 4 is 11.8 Å². The van der Waals surface area contributed by atoms with E-state index >= 15 is 0 Å². The number of aliphatic hydroxyl groups is 1. The number of hydrogen-bond donors (Lipinski definition) is 1. The quantitative estimate of drug-likeness (QED) is 0.724. The van der Waals surface area contributed by atoms with Crippen molar-refractivity contribution in [2.24, 2.45) is 0 Å². The zero-order chi connectivity index (χ0) is 18.4. The third kappa shape index (κ3) is 3.52. The number of alkyl halides is 6. The van der Waals surface area contributed by atoms with Gasteiger partial charge >= 0.3 is 5.25 Å². The molecule has 0 saturated carbocycles. The van der Waals surface area contributed by atoms with Crippen molar-refractivity contribution in [3.63, 3.8) is 0 Å². The molecule has 0 bridgehead atoms. The van der Waals surface area contributed by atoms with Crippen LogP contribution in [0.5, 0.6) is 5.75 Å². The molecule has 1 heterocycles. The summed E-state index contributed by atoms with van der Waals surface area (Å²) in [6.45, 7) is 0. The van der Waals surface area contributed by atoms with Crippen molar-refractivity contribution in [1.29, 1.82) is 0 Å². The van der Waals surface area contributed by atoms with E-state index in [1.807, 2.05) is 0 Å². The van der Waals surface area contributed by atoms with Gasteiger partial charge in [-0.2, -0.15) is 8.78 Å². The molecule has 0 radical (unpaired) electrons. The fourth-order valence-electron chi connectivity index (χ4n) is 2.64. The van der Waals surface area contributed by atoms with Crippen molar-refractivity contribution in [1.82, 2.24) is 0 Å². The van der Waals surface area contributed by atoms with Gasteiger partial charge in [-0.05, 0) is 42.1 Å². The lowest BCUT2D eigenvalue weighted by Crippen LogP contribution is -2.17. The highest BCUT2D eigenvalue weighted by atomic mass is 32.2. The van der Waals surface area contributed by atoms with Gasteiger partial charge in [0.05, 0.1) is 5.56 Å². The summed E-state index contributed by atoms with van der Waals surface area (Å²) in [6.07, 6.45) is -6.28. The molecule has 1 N–H and O–H groups in total. The molecule has 0 aromatic heterocycles. The summed E-state index contributed by atoms with van der Waals surface area (Å²) in [5.41, 5.74) is -1.50. The second-order valence-corrected chi connectivity index (χ2v) is 6.74. The van der Waals surface area contributed by atoms with Crippen molar-refractivity contribution < 1.29 is 36.2 Å². The Morgan fingerprint density at radius 1 is 1.20 bits per heavy atom. The van der Waals surface area contributed by atoms with Crippen LogP contribution in [0, 0.1) is 0 Å². The van der Waals surface area contributed by atoms with Gasteiger partial charge in [-0.25, -0.2) is 17.6 Å². The molecular weight excluding hydrogens is 370 g/mol. The number of fused-ring (bicyclic) bond motifs is 1. The minimum Gasteiger partial charge on any atom is -0.457 e. The van der Waals surface area contributed by atoms with Crippen LogP contribution >= 0.6 is 11.8 Å². The highest BCUT2D eigenvalue weighted by Crippen LogP contribution is 2.57. The summed E-state index contributed by atoms with van der Waals surface area (Å²) in [5, 5.41) is 6.05. The molecule has 0 fully saturated rings. The topological polar surface area (TPSA) is 29.5 Å². The first-order valence-electron chi connectivity index (χ1n) is 7.25. The zero-order valence-electron chi connectivity index (χ0n) is 12.4. The first-order valence-corrected chi connectivity index (χ1v) is 8.06. The lowest BCUT2D eigenvalue weighted by molar-refractivity contribution is -0.0327. The van der Waals surface area contributed by atoms with Crippen LogP contribution in [0.2, 0.25) is 0 Å². The Morgan fingerprint density at radius 2 is 1.92 bits per heavy atom. The van der Waals surface area contributed by atoms with E-state index in [1.54, 1.807) is 0 Å². The van der Waals surface area contributed by atoms with E-state index in [0.717, 1.165) is 30.4 Å². The molecule has 1 aromatic rings. The van der Waals surface area contributed by atoms with Crippen molar-refractivity contribution in [3.8, 4) is 5.75 Å². The molecule has 25 heavy (non-hydrogen) atoms. The SMILES string of the molecule is OC1c2c(ccc(OC3=CC(F)CC(F)C=C3)c2C(F)F)SC1(F)F. The lowest BCUT2D eigenvalue weighted by atomic mass is 10.0. The van der Waals surface area contributed by atoms with Crippen molar-refractivity contribution in [2.75, 3.05) is 0 Å². The average Bonchev–Trinajstić information content (AvgIpc) is 2.64. The standard InChI is InChI=1S/C16H12F6O2S/c17-7-1-2-9(6-8(18)5-7)24-10-3-4-11-13(12(10)15(19)20)14(23)16(21,22)25-11/h1-4,6-8,14-15,23H,5H2. The average molecular weight is 382 g/mol. The van der Waals surface area contributed by atoms with Gasteiger partial charge in [-0.3, -0.25) is 0 Å². The highest BCUT2D eigenvalue weighted by Gasteiger charge is 2.50. The van der Waals surface area contributed by atoms with Crippen LogP contribution in [0.1, 0.15) is 30.1 Å². The fourth-order valence-corrected chi connectivity index (χ4v) is 3.63. The summed E-state index contributed by atoms with van der Waals surface area (Å²) >= 11 is -0.0186. The Balaban J connectivity index is 2.01. The molecule has 0 spiro atoms. The maximum atomic E-state index is 13.6. The van der Waals surface area contributed by atoms with Gasteiger partial charge in [0.2, 0.25) is 0 Å². The van der Waals surface area contributed by atoms with Crippen LogP contribution in [-0.4, -0.2) is 22.7 Å². The molecule has 2 nitrogen and oxygen atoms in total. The van der Waals surface area contributed by atoms with Gasteiger partial charge in [0, 0.05) is 16.9 Å². The summed E-state index contributed by atoms with van der Waals surface area (Å²) in [7, 11) is 0. The van der Waals surface area contributed by atoms with Crippen molar-refractivity contribution in [3.05, 3.63) is 47.2 Å². The molecule has 136 valence electrons. The summed E-state index contributed by atoms with van der Waals surface area (Å²) in [4.78, 5) is -0.183. The largest absolute Gasteiger partial charge is 0.457 e. The maximum Gasteiger partial charge on any atom is 0.327 e. The first kappa shape index (κ1) is 18.2. The Bertz CT molecular complexity index is 734. The van der Waals surface area contributed by atoms with E-state index in [9.17, 15) is 31.4 Å². The van der Waals surface area contributed by atoms with Gasteiger partial charge in [0.1, 0.15) is 23.9 Å². The number of halogens is 6. The monoisotopic (exact) mass is 382 g/mol. The van der Waals surface area contributed by atoms with E-state index in [1.165, 1.54) is 0 Å². The third-order valence-corrected chi connectivity index (χ3v) is 4.83. The minimum absolute atomic E-state index is 0.0186. The van der Waals surface area contributed by atoms with Gasteiger partial charge in [-0.1, -0.05) is 0 Å². The molecule has 0 amide bonds. The van der Waals surface area contributed by atoms with Crippen LogP contribution in [-0.2, 0) is 0 Å². The second kappa shape index (κ2) is 6.60. The molecule has 9 heteroatoms. The number of thioether (sulfide) groups is 1. The van der Waals surface area contributed by atoms with E-state index < -0.39 is 53.4 Å². The molecule has 3 rings (SSSR count). The van der Waals surface area contributed by atoms with Crippen LogP contribution in [0.15, 0.2) is 41.0 Å². The second-order valence-electron chi connectivity index (χ2n) is 5.55. The zero-order valence-corrected chi connectivity index (χ0v) is 13.3. The van der Waals surface area contributed by atoms with Crippen LogP contribution < -0.4 is 4.74 Å². The first-order chi connectivity index (χ1) is 11.7. The smallest absolute Gasteiger partial charge is 0.327 e. The molecular formula is C16H12F6O2S. The van der Waals surface area contributed by atoms with E-state index in [0.29, 0.717) is 0 Å². The molecule has 1 aromatic carbocycles. The Kier molecular flexibility index (Phi) is 4.80.